The van der Waals surface area contributed by atoms with Crippen molar-refractivity contribution in [3.05, 3.63) is 34.2 Å². The van der Waals surface area contributed by atoms with E-state index in [2.05, 4.69) is 15.9 Å². The van der Waals surface area contributed by atoms with E-state index in [0.717, 1.165) is 0 Å². The predicted octanol–water partition coefficient (Wildman–Crippen LogP) is 3.78. The largest absolute Gasteiger partial charge is 0.444 e. The average molecular weight is 321 g/mol. The zero-order chi connectivity index (χ0) is 21.3. The number of carbonyl (C=O) groups excluding carboxylic acids is 1. The van der Waals surface area contributed by atoms with Gasteiger partial charge in [-0.3, -0.25) is 0 Å². The smallest absolute Gasteiger partial charge is 0.410 e. The zero-order valence-electron chi connectivity index (χ0n) is 19.1. The van der Waals surface area contributed by atoms with E-state index in [4.69, 9.17) is 17.1 Å². The molecule has 0 radical (unpaired) electrons. The number of halogens is 1. The van der Waals surface area contributed by atoms with Crippen LogP contribution in [0.3, 0.4) is 0 Å². The summed E-state index contributed by atoms with van der Waals surface area (Å²) in [6, 6.07) is -2.65. The molecule has 0 atom stereocenters. The summed E-state index contributed by atoms with van der Waals surface area (Å²) < 4.78 is 77.7. The van der Waals surface area contributed by atoms with Crippen molar-refractivity contribution in [3.8, 4) is 0 Å². The monoisotopic (exact) mass is 320 g/mol. The van der Waals surface area contributed by atoms with Gasteiger partial charge in [-0.15, -0.1) is 0 Å². The highest BCUT2D eigenvalue weighted by atomic mass is 79.9. The standard InChI is InChI=1S/C14H18BrNO2/c1-14(2,3)18-13(17)16-8-11(9-16)10-4-6-12(15)7-5-10/h4-7,11H,8-9H2,1-3H3/i4D,5D,6D,7D,8D2,9D2,11D. The van der Waals surface area contributed by atoms with Crippen molar-refractivity contribution >= 4 is 22.0 Å². The van der Waals surface area contributed by atoms with E-state index in [-0.39, 0.29) is 9.37 Å². The molecule has 0 aliphatic carbocycles. The fourth-order valence-electron chi connectivity index (χ4n) is 1.16. The quantitative estimate of drug-likeness (QED) is 0.788. The van der Waals surface area contributed by atoms with Crippen LogP contribution >= 0.6 is 15.9 Å². The van der Waals surface area contributed by atoms with E-state index in [1.54, 1.807) is 0 Å². The highest BCUT2D eigenvalue weighted by molar-refractivity contribution is 9.10. The van der Waals surface area contributed by atoms with Gasteiger partial charge < -0.3 is 9.64 Å². The van der Waals surface area contributed by atoms with Gasteiger partial charge in [0.05, 0.1) is 11.0 Å². The van der Waals surface area contributed by atoms with E-state index < -0.39 is 60.3 Å². The molecule has 1 aliphatic rings. The summed E-state index contributed by atoms with van der Waals surface area (Å²) in [6.45, 7) is -1.43. The Kier molecular flexibility index (Phi) is 1.63. The molecule has 1 aromatic carbocycles. The van der Waals surface area contributed by atoms with Gasteiger partial charge in [-0.05, 0) is 38.4 Å². The number of amides is 1. The molecule has 4 heteroatoms. The molecule has 18 heavy (non-hydrogen) atoms. The predicted molar refractivity (Wildman–Crippen MR) is 74.7 cm³/mol. The lowest BCUT2D eigenvalue weighted by atomic mass is 9.92. The fourth-order valence-corrected chi connectivity index (χ4v) is 1.35. The van der Waals surface area contributed by atoms with Crippen molar-refractivity contribution in [2.45, 2.75) is 32.3 Å². The molecule has 0 spiro atoms. The second kappa shape index (κ2) is 4.92. The average Bonchev–Trinajstić information content (AvgIpc) is 2.48. The Bertz CT molecular complexity index is 777. The summed E-state index contributed by atoms with van der Waals surface area (Å²) >= 11 is 2.90. The van der Waals surface area contributed by atoms with E-state index in [1.165, 1.54) is 20.8 Å². The second-order valence-electron chi connectivity index (χ2n) is 4.60. The van der Waals surface area contributed by atoms with Crippen LogP contribution < -0.4 is 0 Å². The van der Waals surface area contributed by atoms with Crippen molar-refractivity contribution in [2.75, 3.05) is 13.0 Å². The summed E-state index contributed by atoms with van der Waals surface area (Å²) in [6.07, 6.45) is -1.33. The summed E-state index contributed by atoms with van der Waals surface area (Å²) in [5.74, 6) is -2.91. The Morgan fingerprint density at radius 1 is 1.50 bits per heavy atom. The normalized spacial score (nSPS) is 30.9. The third-order valence-electron chi connectivity index (χ3n) is 1.87. The Balaban J connectivity index is 2.69. The van der Waals surface area contributed by atoms with Crippen LogP contribution in [0, 0.1) is 0 Å². The van der Waals surface area contributed by atoms with Crippen molar-refractivity contribution in [3.63, 3.8) is 0 Å². The number of rotatable bonds is 1. The van der Waals surface area contributed by atoms with Gasteiger partial charge in [-0.2, -0.15) is 0 Å². The number of nitrogens with zero attached hydrogens (tertiary/aromatic N) is 1. The van der Waals surface area contributed by atoms with Gasteiger partial charge in [0, 0.05) is 24.7 Å². The molecule has 1 saturated heterocycles. The minimum atomic E-state index is -2.99. The third-order valence-corrected chi connectivity index (χ3v) is 2.26. The Labute approximate surface area is 129 Å². The summed E-state index contributed by atoms with van der Waals surface area (Å²) in [5.41, 5.74) is -1.80. The molecule has 3 nitrogen and oxygen atoms in total. The summed E-state index contributed by atoms with van der Waals surface area (Å²) in [4.78, 5) is 12.4. The van der Waals surface area contributed by atoms with Gasteiger partial charge in [0.2, 0.25) is 0 Å². The molecule has 0 N–H and O–H groups in total. The van der Waals surface area contributed by atoms with Crippen LogP contribution in [0.5, 0.6) is 0 Å². The number of likely N-dealkylation sites (tertiary alicyclic amines) is 1. The molecule has 0 unspecified atom stereocenters. The van der Waals surface area contributed by atoms with Gasteiger partial charge in [0.15, 0.2) is 0 Å². The molecule has 0 bridgehead atoms. The zero-order valence-corrected chi connectivity index (χ0v) is 11.7. The Morgan fingerprint density at radius 3 is 2.56 bits per heavy atom. The fraction of sp³-hybridized carbons (Fsp3) is 0.500. The van der Waals surface area contributed by atoms with Crippen LogP contribution in [0.2, 0.25) is 0 Å². The number of carbonyl (C=O) groups is 1. The first-order valence-corrected chi connectivity index (χ1v) is 6.02. The van der Waals surface area contributed by atoms with Crippen molar-refractivity contribution in [1.82, 2.24) is 4.90 Å². The maximum Gasteiger partial charge on any atom is 0.410 e. The summed E-state index contributed by atoms with van der Waals surface area (Å²) in [5, 5.41) is 0. The lowest BCUT2D eigenvalue weighted by Crippen LogP contribution is -2.50. The number of ether oxygens (including phenoxy) is 1. The molecular formula is C14H18BrNO2. The maximum atomic E-state index is 12.3. The topological polar surface area (TPSA) is 29.5 Å². The number of benzene rings is 1. The van der Waals surface area contributed by atoms with Crippen LogP contribution in [0.15, 0.2) is 28.6 Å². The van der Waals surface area contributed by atoms with Crippen LogP contribution in [0.25, 0.3) is 0 Å². The molecule has 0 saturated carbocycles. The van der Waals surface area contributed by atoms with E-state index in [0.29, 0.717) is 0 Å². The van der Waals surface area contributed by atoms with E-state index in [9.17, 15) is 4.79 Å². The van der Waals surface area contributed by atoms with Crippen molar-refractivity contribution in [1.29, 1.82) is 0 Å². The maximum absolute atomic E-state index is 12.3. The molecule has 1 fully saturated rings. The highest BCUT2D eigenvalue weighted by Gasteiger charge is 2.34. The first kappa shape index (κ1) is 5.95. The molecule has 2 rings (SSSR count). The first-order chi connectivity index (χ1) is 11.9. The second-order valence-corrected chi connectivity index (χ2v) is 5.40. The van der Waals surface area contributed by atoms with Gasteiger partial charge in [-0.25, -0.2) is 4.79 Å². The first-order valence-electron chi connectivity index (χ1n) is 9.72. The van der Waals surface area contributed by atoms with Crippen molar-refractivity contribution in [2.24, 2.45) is 0 Å². The molecule has 98 valence electrons. The third kappa shape index (κ3) is 3.25. The summed E-state index contributed by atoms with van der Waals surface area (Å²) in [7, 11) is 0. The van der Waals surface area contributed by atoms with Gasteiger partial charge in [-0.1, -0.05) is 28.0 Å². The van der Waals surface area contributed by atoms with Gasteiger partial charge in [0.1, 0.15) is 5.60 Å². The van der Waals surface area contributed by atoms with Crippen LogP contribution in [-0.4, -0.2) is 29.6 Å². The number of hydrogen-bond acceptors (Lipinski definition) is 2. The molecular weight excluding hydrogens is 294 g/mol. The van der Waals surface area contributed by atoms with Crippen LogP contribution in [0.1, 0.15) is 44.6 Å². The van der Waals surface area contributed by atoms with Gasteiger partial charge >= 0.3 is 6.09 Å². The molecule has 1 aliphatic heterocycles. The Morgan fingerprint density at radius 2 is 2.06 bits per heavy atom. The SMILES string of the molecule is [2H]c1c([2H])c(C2([2H])C([2H])([2H])N(C(=O)OC(C)(C)C)C2([2H])[2H])c([2H])c([2H])c1Br. The lowest BCUT2D eigenvalue weighted by Gasteiger charge is -2.40. The lowest BCUT2D eigenvalue weighted by molar-refractivity contribution is 0.00820. The highest BCUT2D eigenvalue weighted by Crippen LogP contribution is 2.29. The minimum absolute atomic E-state index is 0.117. The molecule has 0 aromatic heterocycles. The van der Waals surface area contributed by atoms with Gasteiger partial charge in [0.25, 0.3) is 0 Å². The Hall–Kier alpha value is -1.03. The molecule has 1 amide bonds. The van der Waals surface area contributed by atoms with Crippen molar-refractivity contribution < 1.29 is 21.9 Å². The van der Waals surface area contributed by atoms with Crippen LogP contribution in [-0.2, 0) is 4.74 Å². The van der Waals surface area contributed by atoms with E-state index in [1.807, 2.05) is 0 Å². The van der Waals surface area contributed by atoms with Crippen LogP contribution in [0.4, 0.5) is 4.79 Å². The number of hydrogen-bond donors (Lipinski definition) is 0. The molecule has 1 aromatic rings. The molecule has 1 heterocycles. The van der Waals surface area contributed by atoms with E-state index >= 15 is 0 Å². The minimum Gasteiger partial charge on any atom is -0.444 e.